The van der Waals surface area contributed by atoms with Gasteiger partial charge in [0.1, 0.15) is 5.38 Å². The Hall–Kier alpha value is -1.35. The molecular weight excluding hydrogens is 214 g/mol. The minimum Gasteiger partial charge on any atom is -0.347 e. The van der Waals surface area contributed by atoms with Gasteiger partial charge in [0.2, 0.25) is 5.91 Å². The van der Waals surface area contributed by atoms with Crippen LogP contribution in [0.15, 0.2) is 30.3 Å². The van der Waals surface area contributed by atoms with Gasteiger partial charge in [-0.25, -0.2) is 0 Å². The van der Waals surface area contributed by atoms with Crippen LogP contribution in [0.25, 0.3) is 0 Å². The van der Waals surface area contributed by atoms with Gasteiger partial charge in [-0.1, -0.05) is 30.3 Å². The molecule has 3 nitrogen and oxygen atoms in total. The van der Waals surface area contributed by atoms with Crippen molar-refractivity contribution in [2.24, 2.45) is 0 Å². The lowest BCUT2D eigenvalue weighted by atomic mass is 10.1. The Morgan fingerprint density at radius 2 is 1.93 bits per heavy atom. The number of hydrogen-bond donors (Lipinski definition) is 1. The lowest BCUT2D eigenvalue weighted by Gasteiger charge is -2.05. The molecule has 15 heavy (non-hydrogen) atoms. The van der Waals surface area contributed by atoms with Crippen molar-refractivity contribution in [3.8, 4) is 0 Å². The van der Waals surface area contributed by atoms with Crippen LogP contribution >= 0.6 is 11.6 Å². The van der Waals surface area contributed by atoms with Crippen LogP contribution in [-0.2, 0) is 4.79 Å². The average Bonchev–Trinajstić information content (AvgIpc) is 2.26. The number of ketones is 1. The van der Waals surface area contributed by atoms with Gasteiger partial charge in [-0.15, -0.1) is 11.6 Å². The van der Waals surface area contributed by atoms with Crippen molar-refractivity contribution in [3.05, 3.63) is 35.9 Å². The molecule has 0 saturated heterocycles. The number of alkyl halides is 1. The van der Waals surface area contributed by atoms with Crippen molar-refractivity contribution in [1.82, 2.24) is 5.32 Å². The first-order valence-electron chi connectivity index (χ1n) is 4.61. The molecule has 4 heteroatoms. The SMILES string of the molecule is CC(Cl)C(=O)NCC(=O)c1ccccc1. The van der Waals surface area contributed by atoms with Crippen molar-refractivity contribution in [2.75, 3.05) is 6.54 Å². The van der Waals surface area contributed by atoms with Crippen molar-refractivity contribution in [3.63, 3.8) is 0 Å². The van der Waals surface area contributed by atoms with E-state index in [2.05, 4.69) is 5.32 Å². The van der Waals surface area contributed by atoms with Crippen LogP contribution in [0.2, 0.25) is 0 Å². The molecule has 0 saturated carbocycles. The molecule has 0 aromatic heterocycles. The highest BCUT2D eigenvalue weighted by atomic mass is 35.5. The zero-order valence-corrected chi connectivity index (χ0v) is 9.12. The molecule has 0 radical (unpaired) electrons. The first-order valence-corrected chi connectivity index (χ1v) is 5.05. The van der Waals surface area contributed by atoms with E-state index in [9.17, 15) is 9.59 Å². The third-order valence-electron chi connectivity index (χ3n) is 1.88. The van der Waals surface area contributed by atoms with Gasteiger partial charge < -0.3 is 5.32 Å². The standard InChI is InChI=1S/C11H12ClNO2/c1-8(12)11(15)13-7-10(14)9-5-3-2-4-6-9/h2-6,8H,7H2,1H3,(H,13,15). The van der Waals surface area contributed by atoms with Crippen LogP contribution in [0.4, 0.5) is 0 Å². The highest BCUT2D eigenvalue weighted by molar-refractivity contribution is 6.30. The van der Waals surface area contributed by atoms with Crippen LogP contribution in [0.3, 0.4) is 0 Å². The summed E-state index contributed by atoms with van der Waals surface area (Å²) in [7, 11) is 0. The summed E-state index contributed by atoms with van der Waals surface area (Å²) in [4.78, 5) is 22.6. The summed E-state index contributed by atoms with van der Waals surface area (Å²) in [5.74, 6) is -0.456. The topological polar surface area (TPSA) is 46.2 Å². The maximum Gasteiger partial charge on any atom is 0.238 e. The molecule has 1 atom stereocenters. The van der Waals surface area contributed by atoms with Gasteiger partial charge in [0.25, 0.3) is 0 Å². The van der Waals surface area contributed by atoms with E-state index in [-0.39, 0.29) is 18.2 Å². The fraction of sp³-hybridized carbons (Fsp3) is 0.273. The summed E-state index contributed by atoms with van der Waals surface area (Å²) in [6, 6.07) is 8.80. The molecule has 0 bridgehead atoms. The second-order valence-electron chi connectivity index (χ2n) is 3.12. The smallest absolute Gasteiger partial charge is 0.238 e. The zero-order valence-electron chi connectivity index (χ0n) is 8.37. The number of benzene rings is 1. The van der Waals surface area contributed by atoms with E-state index in [1.807, 2.05) is 6.07 Å². The van der Waals surface area contributed by atoms with E-state index in [1.54, 1.807) is 31.2 Å². The maximum atomic E-state index is 11.5. The Morgan fingerprint density at radius 3 is 2.47 bits per heavy atom. The first kappa shape index (κ1) is 11.7. The zero-order chi connectivity index (χ0) is 11.3. The number of Topliss-reactive ketones (excluding diaryl/α,β-unsaturated/α-hetero) is 1. The van der Waals surface area contributed by atoms with Gasteiger partial charge in [-0.2, -0.15) is 0 Å². The number of halogens is 1. The lowest BCUT2D eigenvalue weighted by Crippen LogP contribution is -2.34. The van der Waals surface area contributed by atoms with Gasteiger partial charge >= 0.3 is 0 Å². The maximum absolute atomic E-state index is 11.5. The summed E-state index contributed by atoms with van der Waals surface area (Å²) in [6.45, 7) is 1.55. The molecule has 1 rings (SSSR count). The number of nitrogens with one attached hydrogen (secondary N) is 1. The van der Waals surface area contributed by atoms with Gasteiger partial charge in [0.05, 0.1) is 6.54 Å². The second-order valence-corrected chi connectivity index (χ2v) is 3.78. The molecule has 1 N–H and O–H groups in total. The third-order valence-corrected chi connectivity index (χ3v) is 2.08. The van der Waals surface area contributed by atoms with E-state index in [4.69, 9.17) is 11.6 Å². The number of carbonyl (C=O) groups is 2. The van der Waals surface area contributed by atoms with Crippen molar-refractivity contribution in [2.45, 2.75) is 12.3 Å². The van der Waals surface area contributed by atoms with E-state index < -0.39 is 5.38 Å². The van der Waals surface area contributed by atoms with Gasteiger partial charge in [-0.3, -0.25) is 9.59 Å². The van der Waals surface area contributed by atoms with Crippen LogP contribution < -0.4 is 5.32 Å². The minimum atomic E-state index is -0.617. The molecule has 0 spiro atoms. The monoisotopic (exact) mass is 225 g/mol. The molecule has 0 fully saturated rings. The first-order chi connectivity index (χ1) is 7.11. The molecule has 1 aromatic carbocycles. The molecule has 0 aliphatic heterocycles. The highest BCUT2D eigenvalue weighted by Gasteiger charge is 2.11. The molecule has 0 aliphatic rings. The summed E-state index contributed by atoms with van der Waals surface area (Å²) < 4.78 is 0. The van der Waals surface area contributed by atoms with E-state index in [0.717, 1.165) is 0 Å². The Kier molecular flexibility index (Phi) is 4.31. The van der Waals surface area contributed by atoms with Crippen LogP contribution in [0, 0.1) is 0 Å². The van der Waals surface area contributed by atoms with Crippen LogP contribution in [-0.4, -0.2) is 23.6 Å². The van der Waals surface area contributed by atoms with Crippen molar-refractivity contribution in [1.29, 1.82) is 0 Å². The number of carbonyl (C=O) groups excluding carboxylic acids is 2. The Bertz CT molecular complexity index is 349. The lowest BCUT2D eigenvalue weighted by molar-refractivity contribution is -0.120. The molecule has 0 heterocycles. The van der Waals surface area contributed by atoms with Crippen LogP contribution in [0.5, 0.6) is 0 Å². The Labute approximate surface area is 93.4 Å². The summed E-state index contributed by atoms with van der Waals surface area (Å²) >= 11 is 5.53. The molecule has 0 aliphatic carbocycles. The highest BCUT2D eigenvalue weighted by Crippen LogP contribution is 1.99. The minimum absolute atomic E-state index is 0.0140. The number of hydrogen-bond acceptors (Lipinski definition) is 2. The van der Waals surface area contributed by atoms with E-state index in [1.165, 1.54) is 0 Å². The fourth-order valence-electron chi connectivity index (χ4n) is 1.03. The quantitative estimate of drug-likeness (QED) is 0.625. The van der Waals surface area contributed by atoms with Gasteiger partial charge in [0.15, 0.2) is 5.78 Å². The fourth-order valence-corrected chi connectivity index (χ4v) is 1.11. The summed E-state index contributed by atoms with van der Waals surface area (Å²) in [6.07, 6.45) is 0. The molecule has 1 unspecified atom stereocenters. The van der Waals surface area contributed by atoms with Gasteiger partial charge in [0, 0.05) is 5.56 Å². The number of rotatable bonds is 4. The number of amides is 1. The average molecular weight is 226 g/mol. The van der Waals surface area contributed by atoms with Crippen LogP contribution in [0.1, 0.15) is 17.3 Å². The van der Waals surface area contributed by atoms with Crippen molar-refractivity contribution < 1.29 is 9.59 Å². The summed E-state index contributed by atoms with van der Waals surface area (Å²) in [5, 5.41) is 1.84. The third kappa shape index (κ3) is 3.72. The molecular formula is C11H12ClNO2. The largest absolute Gasteiger partial charge is 0.347 e. The van der Waals surface area contributed by atoms with Gasteiger partial charge in [-0.05, 0) is 6.92 Å². The van der Waals surface area contributed by atoms with E-state index >= 15 is 0 Å². The predicted molar refractivity (Wildman–Crippen MR) is 59.1 cm³/mol. The Morgan fingerprint density at radius 1 is 1.33 bits per heavy atom. The normalized spacial score (nSPS) is 11.9. The molecule has 1 aromatic rings. The summed E-state index contributed by atoms with van der Waals surface area (Å²) in [5.41, 5.74) is 0.583. The molecule has 80 valence electrons. The van der Waals surface area contributed by atoms with E-state index in [0.29, 0.717) is 5.56 Å². The second kappa shape index (κ2) is 5.51. The predicted octanol–water partition coefficient (Wildman–Crippen LogP) is 1.61. The van der Waals surface area contributed by atoms with Crippen molar-refractivity contribution >= 4 is 23.3 Å². The Balaban J connectivity index is 2.48. The molecule has 1 amide bonds.